The number of hydrogen-bond acceptors (Lipinski definition) is 3. The molecule has 3 rings (SSSR count). The molecule has 3 nitrogen and oxygen atoms in total. The maximum atomic E-state index is 12.0. The summed E-state index contributed by atoms with van der Waals surface area (Å²) in [5.41, 5.74) is -0.495. The molecule has 0 bridgehead atoms. The molecule has 3 heteroatoms. The second-order valence-corrected chi connectivity index (χ2v) is 8.18. The van der Waals surface area contributed by atoms with E-state index in [0.717, 1.165) is 6.42 Å². The molecule has 0 amide bonds. The molecule has 7 atom stereocenters. The highest BCUT2D eigenvalue weighted by atomic mass is 16.5. The quantitative estimate of drug-likeness (QED) is 0.751. The number of hydrogen-bond donors (Lipinski definition) is 1. The molecule has 0 unspecified atom stereocenters. The van der Waals surface area contributed by atoms with Gasteiger partial charge in [-0.15, -0.1) is 0 Å². The van der Waals surface area contributed by atoms with Gasteiger partial charge in [0.05, 0.1) is 18.6 Å². The van der Waals surface area contributed by atoms with Crippen LogP contribution in [0.15, 0.2) is 0 Å². The average molecular weight is 280 g/mol. The number of rotatable bonds is 1. The van der Waals surface area contributed by atoms with E-state index in [1.54, 1.807) is 0 Å². The van der Waals surface area contributed by atoms with Crippen molar-refractivity contribution in [1.82, 2.24) is 0 Å². The Balaban J connectivity index is 2.00. The van der Waals surface area contributed by atoms with Crippen molar-refractivity contribution in [1.29, 1.82) is 0 Å². The van der Waals surface area contributed by atoms with Gasteiger partial charge in [-0.3, -0.25) is 4.79 Å². The lowest BCUT2D eigenvalue weighted by Gasteiger charge is -2.42. The average Bonchev–Trinajstić information content (AvgIpc) is 2.92. The third-order valence-corrected chi connectivity index (χ3v) is 7.14. The number of methoxy groups -OCH3 is 1. The minimum Gasteiger partial charge on any atom is -0.469 e. The first-order chi connectivity index (χ1) is 9.25. The number of ether oxygens (including phenoxy) is 1. The number of carbonyl (C=O) groups excluding carboxylic acids is 1. The molecule has 114 valence electrons. The fourth-order valence-electron chi connectivity index (χ4n) is 6.20. The van der Waals surface area contributed by atoms with Crippen LogP contribution in [0.5, 0.6) is 0 Å². The number of carbonyl (C=O) groups is 1. The van der Waals surface area contributed by atoms with Crippen LogP contribution in [0.25, 0.3) is 0 Å². The van der Waals surface area contributed by atoms with Crippen molar-refractivity contribution in [3.05, 3.63) is 0 Å². The van der Waals surface area contributed by atoms with E-state index in [2.05, 4.69) is 27.7 Å². The molecule has 3 aliphatic rings. The van der Waals surface area contributed by atoms with E-state index in [0.29, 0.717) is 17.8 Å². The molecule has 20 heavy (non-hydrogen) atoms. The summed E-state index contributed by atoms with van der Waals surface area (Å²) in [6, 6.07) is 0. The lowest BCUT2D eigenvalue weighted by molar-refractivity contribution is -0.150. The SMILES string of the molecule is COC(=O)[C@@H]1C[C@@H]2[C@H](C)[C@@H]3CCC(C)(C)[C@H]3[C@]2(O)[C@@H]1C. The lowest BCUT2D eigenvalue weighted by Crippen LogP contribution is -2.48. The lowest BCUT2D eigenvalue weighted by atomic mass is 9.67. The Bertz CT molecular complexity index is 430. The summed E-state index contributed by atoms with van der Waals surface area (Å²) in [5, 5.41) is 11.6. The van der Waals surface area contributed by atoms with Gasteiger partial charge in [0.2, 0.25) is 0 Å². The Morgan fingerprint density at radius 3 is 2.55 bits per heavy atom. The molecular formula is C17H28O3. The molecule has 3 saturated carbocycles. The zero-order valence-electron chi connectivity index (χ0n) is 13.3. The summed E-state index contributed by atoms with van der Waals surface area (Å²) < 4.78 is 4.96. The van der Waals surface area contributed by atoms with Crippen LogP contribution in [0.1, 0.15) is 47.0 Å². The zero-order valence-corrected chi connectivity index (χ0v) is 13.3. The maximum Gasteiger partial charge on any atom is 0.309 e. The van der Waals surface area contributed by atoms with E-state index < -0.39 is 5.60 Å². The van der Waals surface area contributed by atoms with Crippen molar-refractivity contribution in [3.8, 4) is 0 Å². The fourth-order valence-corrected chi connectivity index (χ4v) is 6.20. The smallest absolute Gasteiger partial charge is 0.309 e. The van der Waals surface area contributed by atoms with Gasteiger partial charge < -0.3 is 9.84 Å². The third-order valence-electron chi connectivity index (χ3n) is 7.14. The Kier molecular flexibility index (Phi) is 3.03. The highest BCUT2D eigenvalue weighted by molar-refractivity contribution is 5.73. The van der Waals surface area contributed by atoms with Gasteiger partial charge >= 0.3 is 5.97 Å². The van der Waals surface area contributed by atoms with Crippen LogP contribution >= 0.6 is 0 Å². The largest absolute Gasteiger partial charge is 0.469 e. The standard InChI is InChI=1S/C17H28O3/c1-9-11-6-7-16(3,4)14(11)17(19)10(2)12(8-13(9)17)15(18)20-5/h9-14,19H,6-8H2,1-5H3/t9-,10-,11+,12-,13-,14+,17+/m1/s1. The molecule has 0 spiro atoms. The van der Waals surface area contributed by atoms with Crippen LogP contribution in [0.4, 0.5) is 0 Å². The first-order valence-electron chi connectivity index (χ1n) is 8.05. The zero-order chi connectivity index (χ0) is 14.9. The van der Waals surface area contributed by atoms with Crippen molar-refractivity contribution < 1.29 is 14.6 Å². The van der Waals surface area contributed by atoms with Crippen LogP contribution in [0.3, 0.4) is 0 Å². The van der Waals surface area contributed by atoms with E-state index in [1.165, 1.54) is 20.0 Å². The van der Waals surface area contributed by atoms with Gasteiger partial charge in [-0.2, -0.15) is 0 Å². The van der Waals surface area contributed by atoms with E-state index in [1.807, 2.05) is 0 Å². The van der Waals surface area contributed by atoms with Crippen LogP contribution in [-0.4, -0.2) is 23.8 Å². The first kappa shape index (κ1) is 14.4. The van der Waals surface area contributed by atoms with Crippen molar-refractivity contribution in [3.63, 3.8) is 0 Å². The van der Waals surface area contributed by atoms with Crippen molar-refractivity contribution in [2.24, 2.45) is 40.9 Å². The van der Waals surface area contributed by atoms with Crippen molar-refractivity contribution in [2.75, 3.05) is 7.11 Å². The first-order valence-corrected chi connectivity index (χ1v) is 8.05. The molecule has 0 aromatic rings. The van der Waals surface area contributed by atoms with Gasteiger partial charge in [0.1, 0.15) is 0 Å². The van der Waals surface area contributed by atoms with E-state index in [4.69, 9.17) is 4.74 Å². The molecule has 0 aliphatic heterocycles. The number of esters is 1. The second kappa shape index (κ2) is 4.22. The van der Waals surface area contributed by atoms with Gasteiger partial charge in [0.25, 0.3) is 0 Å². The molecule has 0 saturated heterocycles. The van der Waals surface area contributed by atoms with Gasteiger partial charge in [-0.1, -0.05) is 27.7 Å². The van der Waals surface area contributed by atoms with E-state index in [9.17, 15) is 9.90 Å². The fraction of sp³-hybridized carbons (Fsp3) is 0.941. The number of aliphatic hydroxyl groups is 1. The summed E-state index contributed by atoms with van der Waals surface area (Å²) in [6.45, 7) is 8.94. The van der Waals surface area contributed by atoms with Gasteiger partial charge in [-0.25, -0.2) is 0 Å². The predicted octanol–water partition coefficient (Wildman–Crippen LogP) is 2.86. The summed E-state index contributed by atoms with van der Waals surface area (Å²) in [7, 11) is 1.46. The summed E-state index contributed by atoms with van der Waals surface area (Å²) in [4.78, 5) is 12.0. The van der Waals surface area contributed by atoms with Crippen LogP contribution < -0.4 is 0 Å². The maximum absolute atomic E-state index is 12.0. The Hall–Kier alpha value is -0.570. The van der Waals surface area contributed by atoms with Gasteiger partial charge in [0, 0.05) is 0 Å². The van der Waals surface area contributed by atoms with Crippen molar-refractivity contribution in [2.45, 2.75) is 52.6 Å². The molecule has 3 fully saturated rings. The van der Waals surface area contributed by atoms with Gasteiger partial charge in [-0.05, 0) is 54.3 Å². The second-order valence-electron chi connectivity index (χ2n) is 8.18. The Morgan fingerprint density at radius 2 is 1.95 bits per heavy atom. The van der Waals surface area contributed by atoms with Crippen LogP contribution in [0.2, 0.25) is 0 Å². The molecule has 0 aromatic heterocycles. The minimum atomic E-state index is -0.678. The molecule has 0 radical (unpaired) electrons. The summed E-state index contributed by atoms with van der Waals surface area (Å²) in [6.07, 6.45) is 3.22. The molecule has 3 aliphatic carbocycles. The van der Waals surface area contributed by atoms with Gasteiger partial charge in [0.15, 0.2) is 0 Å². The van der Waals surface area contributed by atoms with Crippen molar-refractivity contribution >= 4 is 5.97 Å². The molecular weight excluding hydrogens is 252 g/mol. The van der Waals surface area contributed by atoms with Crippen LogP contribution in [-0.2, 0) is 9.53 Å². The highest BCUT2D eigenvalue weighted by Gasteiger charge is 2.70. The molecule has 0 heterocycles. The molecule has 0 aromatic carbocycles. The third kappa shape index (κ3) is 1.53. The molecule has 1 N–H and O–H groups in total. The monoisotopic (exact) mass is 280 g/mol. The topological polar surface area (TPSA) is 46.5 Å². The van der Waals surface area contributed by atoms with E-state index >= 15 is 0 Å². The van der Waals surface area contributed by atoms with E-state index in [-0.39, 0.29) is 29.1 Å². The normalized spacial score (nSPS) is 52.7. The summed E-state index contributed by atoms with van der Waals surface area (Å²) in [5.74, 6) is 1.48. The minimum absolute atomic E-state index is 0.00905. The highest BCUT2D eigenvalue weighted by Crippen LogP contribution is 2.69. The summed E-state index contributed by atoms with van der Waals surface area (Å²) >= 11 is 0. The number of fused-ring (bicyclic) bond motifs is 3. The predicted molar refractivity (Wildman–Crippen MR) is 76.9 cm³/mol. The Labute approximate surface area is 122 Å². The van der Waals surface area contributed by atoms with Crippen LogP contribution in [0, 0.1) is 40.9 Å². The Morgan fingerprint density at radius 1 is 1.30 bits per heavy atom.